The first-order valence-electron chi connectivity index (χ1n) is 8.03. The van der Waals surface area contributed by atoms with Crippen molar-refractivity contribution >= 4 is 17.7 Å². The monoisotopic (exact) mass is 308 g/mol. The Bertz CT molecular complexity index is 492. The largest absolute Gasteiger partial charge is 0.352 e. The lowest BCUT2D eigenvalue weighted by Crippen LogP contribution is -2.41. The number of thioether (sulfide) groups is 1. The van der Waals surface area contributed by atoms with Crippen LogP contribution < -0.4 is 5.32 Å². The molecular formula is C15H24N4OS. The second-order valence-corrected chi connectivity index (χ2v) is 7.66. The maximum atomic E-state index is 12.5. The van der Waals surface area contributed by atoms with Crippen LogP contribution in [0.1, 0.15) is 64.1 Å². The van der Waals surface area contributed by atoms with Crippen molar-refractivity contribution in [2.24, 2.45) is 5.92 Å². The molecule has 0 aliphatic heterocycles. The van der Waals surface area contributed by atoms with Crippen LogP contribution in [0.4, 0.5) is 0 Å². The van der Waals surface area contributed by atoms with Crippen LogP contribution in [0.2, 0.25) is 0 Å². The fourth-order valence-corrected chi connectivity index (χ4v) is 3.73. The van der Waals surface area contributed by atoms with Gasteiger partial charge < -0.3 is 5.32 Å². The first-order chi connectivity index (χ1) is 10.1. The highest BCUT2D eigenvalue weighted by atomic mass is 32.2. The number of H-pyrrole nitrogens is 1. The number of aromatic amines is 1. The number of aromatic nitrogens is 3. The van der Waals surface area contributed by atoms with Crippen molar-refractivity contribution < 1.29 is 4.79 Å². The minimum absolute atomic E-state index is 0.117. The summed E-state index contributed by atoms with van der Waals surface area (Å²) in [4.78, 5) is 17.0. The normalized spacial score (nSPS) is 20.9. The standard InChI is InChI=1S/C15H24N4OS/c1-9(2)12(14(20)16-11-5-3-4-6-11)21-15-17-13(18-19-15)10-7-8-10/h9-12H,3-8H2,1-2H3,(H,16,20)(H,17,18,19). The molecule has 3 rings (SSSR count). The quantitative estimate of drug-likeness (QED) is 0.793. The smallest absolute Gasteiger partial charge is 0.234 e. The molecule has 116 valence electrons. The molecule has 1 heterocycles. The van der Waals surface area contributed by atoms with Crippen molar-refractivity contribution in [2.45, 2.75) is 74.7 Å². The van der Waals surface area contributed by atoms with Gasteiger partial charge >= 0.3 is 0 Å². The van der Waals surface area contributed by atoms with E-state index in [1.807, 2.05) is 0 Å². The van der Waals surface area contributed by atoms with E-state index in [9.17, 15) is 4.79 Å². The van der Waals surface area contributed by atoms with Crippen molar-refractivity contribution in [3.63, 3.8) is 0 Å². The second-order valence-electron chi connectivity index (χ2n) is 6.55. The molecule has 2 saturated carbocycles. The van der Waals surface area contributed by atoms with Crippen LogP contribution in [0.3, 0.4) is 0 Å². The first kappa shape index (κ1) is 14.9. The predicted molar refractivity (Wildman–Crippen MR) is 83.2 cm³/mol. The van der Waals surface area contributed by atoms with Crippen LogP contribution in [0.25, 0.3) is 0 Å². The van der Waals surface area contributed by atoms with Crippen molar-refractivity contribution in [2.75, 3.05) is 0 Å². The summed E-state index contributed by atoms with van der Waals surface area (Å²) < 4.78 is 0. The van der Waals surface area contributed by atoms with Crippen LogP contribution in [0.5, 0.6) is 0 Å². The van der Waals surface area contributed by atoms with Gasteiger partial charge in [-0.05, 0) is 31.6 Å². The van der Waals surface area contributed by atoms with E-state index in [1.54, 1.807) is 0 Å². The van der Waals surface area contributed by atoms with Gasteiger partial charge in [-0.25, -0.2) is 4.98 Å². The lowest BCUT2D eigenvalue weighted by Gasteiger charge is -2.21. The second kappa shape index (κ2) is 6.38. The number of amides is 1. The minimum Gasteiger partial charge on any atom is -0.352 e. The average molecular weight is 308 g/mol. The summed E-state index contributed by atoms with van der Waals surface area (Å²) in [5.74, 6) is 1.95. The molecule has 1 amide bonds. The number of hydrogen-bond acceptors (Lipinski definition) is 4. The van der Waals surface area contributed by atoms with Crippen LogP contribution >= 0.6 is 11.8 Å². The summed E-state index contributed by atoms with van der Waals surface area (Å²) in [5, 5.41) is 11.1. The van der Waals surface area contributed by atoms with Crippen molar-refractivity contribution in [1.29, 1.82) is 0 Å². The van der Waals surface area contributed by atoms with E-state index in [1.165, 1.54) is 37.4 Å². The Morgan fingerprint density at radius 2 is 2.00 bits per heavy atom. The topological polar surface area (TPSA) is 70.7 Å². The summed E-state index contributed by atoms with van der Waals surface area (Å²) in [5.41, 5.74) is 0. The highest BCUT2D eigenvalue weighted by Crippen LogP contribution is 2.38. The maximum Gasteiger partial charge on any atom is 0.234 e. The molecular weight excluding hydrogens is 284 g/mol. The van der Waals surface area contributed by atoms with Gasteiger partial charge in [-0.3, -0.25) is 9.89 Å². The highest BCUT2D eigenvalue weighted by Gasteiger charge is 2.30. The zero-order valence-corrected chi connectivity index (χ0v) is 13.6. The first-order valence-corrected chi connectivity index (χ1v) is 8.91. The summed E-state index contributed by atoms with van der Waals surface area (Å²) in [6, 6.07) is 0.369. The molecule has 1 unspecified atom stereocenters. The van der Waals surface area contributed by atoms with Crippen LogP contribution in [-0.2, 0) is 4.79 Å². The predicted octanol–water partition coefficient (Wildman–Crippen LogP) is 2.86. The van der Waals surface area contributed by atoms with Crippen LogP contribution in [0.15, 0.2) is 5.16 Å². The van der Waals surface area contributed by atoms with Gasteiger partial charge in [-0.1, -0.05) is 38.5 Å². The molecule has 0 aromatic carbocycles. The number of nitrogens with zero attached hydrogens (tertiary/aromatic N) is 2. The van der Waals surface area contributed by atoms with E-state index in [0.29, 0.717) is 17.1 Å². The van der Waals surface area contributed by atoms with E-state index < -0.39 is 0 Å². The highest BCUT2D eigenvalue weighted by molar-refractivity contribution is 8.00. The average Bonchev–Trinajstić information content (AvgIpc) is 2.98. The number of hydrogen-bond donors (Lipinski definition) is 2. The van der Waals surface area contributed by atoms with Crippen LogP contribution in [-0.4, -0.2) is 32.4 Å². The van der Waals surface area contributed by atoms with Gasteiger partial charge in [0.15, 0.2) is 0 Å². The lowest BCUT2D eigenvalue weighted by atomic mass is 10.1. The molecule has 0 bridgehead atoms. The molecule has 21 heavy (non-hydrogen) atoms. The molecule has 0 radical (unpaired) electrons. The Hall–Kier alpha value is -1.04. The SMILES string of the molecule is CC(C)C(Sc1n[nH]c(C2CC2)n1)C(=O)NC1CCCC1. The zero-order valence-electron chi connectivity index (χ0n) is 12.8. The molecule has 2 aliphatic carbocycles. The Morgan fingerprint density at radius 1 is 1.29 bits per heavy atom. The van der Waals surface area contributed by atoms with Gasteiger partial charge in [-0.2, -0.15) is 0 Å². The van der Waals surface area contributed by atoms with Crippen molar-refractivity contribution in [3.8, 4) is 0 Å². The molecule has 6 heteroatoms. The third kappa shape index (κ3) is 3.78. The fraction of sp³-hybridized carbons (Fsp3) is 0.800. The summed E-state index contributed by atoms with van der Waals surface area (Å²) in [6.45, 7) is 4.17. The lowest BCUT2D eigenvalue weighted by molar-refractivity contribution is -0.121. The maximum absolute atomic E-state index is 12.5. The number of carbonyl (C=O) groups is 1. The van der Waals surface area contributed by atoms with Gasteiger partial charge in [0.2, 0.25) is 11.1 Å². The Morgan fingerprint density at radius 3 is 2.62 bits per heavy atom. The number of carbonyl (C=O) groups excluding carboxylic acids is 1. The van der Waals surface area contributed by atoms with Gasteiger partial charge in [0.05, 0.1) is 5.25 Å². The van der Waals surface area contributed by atoms with Crippen molar-refractivity contribution in [1.82, 2.24) is 20.5 Å². The molecule has 0 spiro atoms. The molecule has 2 N–H and O–H groups in total. The van der Waals surface area contributed by atoms with E-state index in [4.69, 9.17) is 0 Å². The fourth-order valence-electron chi connectivity index (χ4n) is 2.81. The van der Waals surface area contributed by atoms with Gasteiger partial charge in [0, 0.05) is 12.0 Å². The molecule has 2 aliphatic rings. The van der Waals surface area contributed by atoms with Crippen molar-refractivity contribution in [3.05, 3.63) is 5.82 Å². The van der Waals surface area contributed by atoms with Gasteiger partial charge in [0.25, 0.3) is 0 Å². The van der Waals surface area contributed by atoms with Gasteiger partial charge in [0.1, 0.15) is 5.82 Å². The van der Waals surface area contributed by atoms with Gasteiger partial charge in [-0.15, -0.1) is 5.10 Å². The molecule has 1 aromatic rings. The molecule has 1 aromatic heterocycles. The van der Waals surface area contributed by atoms with E-state index in [2.05, 4.69) is 34.3 Å². The molecule has 2 fully saturated rings. The summed E-state index contributed by atoms with van der Waals surface area (Å²) in [7, 11) is 0. The van der Waals surface area contributed by atoms with E-state index >= 15 is 0 Å². The molecule has 5 nitrogen and oxygen atoms in total. The van der Waals surface area contributed by atoms with Crippen LogP contribution in [0, 0.1) is 5.92 Å². The Labute approximate surface area is 130 Å². The minimum atomic E-state index is -0.117. The number of nitrogens with one attached hydrogen (secondary N) is 2. The van der Waals surface area contributed by atoms with E-state index in [0.717, 1.165) is 18.7 Å². The zero-order chi connectivity index (χ0) is 14.8. The number of rotatable bonds is 6. The summed E-state index contributed by atoms with van der Waals surface area (Å²) >= 11 is 1.49. The molecule has 1 atom stereocenters. The Balaban J connectivity index is 1.60. The molecule has 0 saturated heterocycles. The Kier molecular flexibility index (Phi) is 4.52. The third-order valence-electron chi connectivity index (χ3n) is 4.24. The third-order valence-corrected chi connectivity index (χ3v) is 5.65. The summed E-state index contributed by atoms with van der Waals surface area (Å²) in [6.07, 6.45) is 7.11. The van der Waals surface area contributed by atoms with E-state index in [-0.39, 0.29) is 17.1 Å².